The number of carbonyl (C=O) groups excluding carboxylic acids is 1. The molecule has 0 aliphatic carbocycles. The van der Waals surface area contributed by atoms with Crippen LogP contribution in [0.15, 0.2) is 42.6 Å². The highest BCUT2D eigenvalue weighted by atomic mass is 16.5. The number of carbonyl (C=O) groups is 1. The highest BCUT2D eigenvalue weighted by molar-refractivity contribution is 6.04. The molecule has 3 N–H and O–H groups in total. The minimum Gasteiger partial charge on any atom is -0.497 e. The number of aromatic nitrogens is 1. The Balaban J connectivity index is 2.17. The number of pyridine rings is 1. The minimum absolute atomic E-state index is 0.196. The van der Waals surface area contributed by atoms with Crippen molar-refractivity contribution in [3.63, 3.8) is 0 Å². The van der Waals surface area contributed by atoms with Gasteiger partial charge in [0.05, 0.1) is 19.0 Å². The first kappa shape index (κ1) is 13.8. The second-order valence-electron chi connectivity index (χ2n) is 4.14. The van der Waals surface area contributed by atoms with Gasteiger partial charge in [-0.1, -0.05) is 0 Å². The van der Waals surface area contributed by atoms with Crippen molar-refractivity contribution in [3.8, 4) is 5.75 Å². The summed E-state index contributed by atoms with van der Waals surface area (Å²) in [6.07, 6.45) is 1.51. The minimum atomic E-state index is -0.196. The van der Waals surface area contributed by atoms with Gasteiger partial charge in [0, 0.05) is 12.7 Å². The molecule has 0 spiro atoms. The second-order valence-corrected chi connectivity index (χ2v) is 4.14. The molecule has 0 unspecified atom stereocenters. The number of nitrogen functional groups attached to an aromatic ring is 1. The number of anilines is 2. The molecular weight excluding hydrogens is 256 g/mol. The first-order valence-electron chi connectivity index (χ1n) is 6.00. The van der Waals surface area contributed by atoms with Crippen molar-refractivity contribution in [3.05, 3.63) is 48.3 Å². The third-order valence-corrected chi connectivity index (χ3v) is 2.91. The highest BCUT2D eigenvalue weighted by Crippen LogP contribution is 2.19. The molecule has 6 heteroatoms. The second kappa shape index (κ2) is 6.03. The molecule has 2 aromatic rings. The highest BCUT2D eigenvalue weighted by Gasteiger charge is 2.14. The Morgan fingerprint density at radius 2 is 1.95 bits per heavy atom. The van der Waals surface area contributed by atoms with Gasteiger partial charge < -0.3 is 15.1 Å². The van der Waals surface area contributed by atoms with Gasteiger partial charge in [-0.2, -0.15) is 0 Å². The Kier molecular flexibility index (Phi) is 4.17. The Hall–Kier alpha value is -2.60. The van der Waals surface area contributed by atoms with E-state index in [1.165, 1.54) is 11.1 Å². The first-order chi connectivity index (χ1) is 9.65. The molecule has 0 radical (unpaired) electrons. The molecule has 0 fully saturated rings. The van der Waals surface area contributed by atoms with E-state index in [9.17, 15) is 4.79 Å². The van der Waals surface area contributed by atoms with E-state index in [2.05, 4.69) is 10.4 Å². The molecule has 1 aromatic carbocycles. The largest absolute Gasteiger partial charge is 0.497 e. The number of methoxy groups -OCH3 is 1. The third kappa shape index (κ3) is 2.86. The summed E-state index contributed by atoms with van der Waals surface area (Å²) in [5.74, 6) is 5.80. The normalized spacial score (nSPS) is 9.95. The van der Waals surface area contributed by atoms with Crippen molar-refractivity contribution in [2.45, 2.75) is 0 Å². The number of rotatable bonds is 4. The van der Waals surface area contributed by atoms with Crippen molar-refractivity contribution in [2.24, 2.45) is 5.84 Å². The summed E-state index contributed by atoms with van der Waals surface area (Å²) in [5.41, 5.74) is 4.22. The van der Waals surface area contributed by atoms with Crippen LogP contribution >= 0.6 is 0 Å². The van der Waals surface area contributed by atoms with Crippen LogP contribution in [-0.2, 0) is 0 Å². The number of benzene rings is 1. The molecule has 1 aromatic heterocycles. The molecule has 0 saturated heterocycles. The fraction of sp³-hybridized carbons (Fsp3) is 0.143. The van der Waals surface area contributed by atoms with E-state index in [0.717, 1.165) is 11.4 Å². The van der Waals surface area contributed by atoms with Crippen molar-refractivity contribution in [2.75, 3.05) is 24.5 Å². The number of hydrazine groups is 1. The van der Waals surface area contributed by atoms with E-state index in [0.29, 0.717) is 11.4 Å². The van der Waals surface area contributed by atoms with Gasteiger partial charge in [0.25, 0.3) is 5.91 Å². The quantitative estimate of drug-likeness (QED) is 0.653. The molecule has 0 aliphatic rings. The van der Waals surface area contributed by atoms with Crippen molar-refractivity contribution < 1.29 is 9.53 Å². The first-order valence-corrected chi connectivity index (χ1v) is 6.00. The van der Waals surface area contributed by atoms with Crippen LogP contribution in [0.1, 0.15) is 10.5 Å². The van der Waals surface area contributed by atoms with Gasteiger partial charge in [0.1, 0.15) is 11.4 Å². The van der Waals surface area contributed by atoms with Crippen molar-refractivity contribution >= 4 is 17.3 Å². The third-order valence-electron chi connectivity index (χ3n) is 2.91. The molecule has 0 aliphatic heterocycles. The number of nitrogens with two attached hydrogens (primary N) is 1. The van der Waals surface area contributed by atoms with E-state index in [1.807, 2.05) is 12.1 Å². The van der Waals surface area contributed by atoms with Gasteiger partial charge in [0.2, 0.25) is 0 Å². The summed E-state index contributed by atoms with van der Waals surface area (Å²) in [4.78, 5) is 17.9. The molecule has 0 bridgehead atoms. The molecule has 6 nitrogen and oxygen atoms in total. The number of nitrogens with one attached hydrogen (secondary N) is 1. The molecule has 104 valence electrons. The van der Waals surface area contributed by atoms with Crippen LogP contribution in [0.5, 0.6) is 5.75 Å². The van der Waals surface area contributed by atoms with Gasteiger partial charge in [-0.05, 0) is 36.4 Å². The van der Waals surface area contributed by atoms with Gasteiger partial charge in [-0.25, -0.2) is 4.98 Å². The topological polar surface area (TPSA) is 80.5 Å². The molecule has 2 rings (SSSR count). The summed E-state index contributed by atoms with van der Waals surface area (Å²) in [5, 5.41) is 0. The lowest BCUT2D eigenvalue weighted by molar-refractivity contribution is 0.0988. The van der Waals surface area contributed by atoms with Crippen LogP contribution in [0.4, 0.5) is 11.4 Å². The zero-order valence-corrected chi connectivity index (χ0v) is 11.3. The van der Waals surface area contributed by atoms with E-state index < -0.39 is 0 Å². The molecule has 1 amide bonds. The number of hydrogen-bond acceptors (Lipinski definition) is 5. The average Bonchev–Trinajstić information content (AvgIpc) is 2.53. The van der Waals surface area contributed by atoms with E-state index in [-0.39, 0.29) is 5.91 Å². The Morgan fingerprint density at radius 1 is 1.25 bits per heavy atom. The average molecular weight is 272 g/mol. The summed E-state index contributed by atoms with van der Waals surface area (Å²) in [6.45, 7) is 0. The Bertz CT molecular complexity index is 581. The molecule has 0 saturated carbocycles. The van der Waals surface area contributed by atoms with Crippen LogP contribution in [-0.4, -0.2) is 25.0 Å². The zero-order valence-electron chi connectivity index (χ0n) is 11.3. The lowest BCUT2D eigenvalue weighted by Gasteiger charge is -2.17. The van der Waals surface area contributed by atoms with Crippen LogP contribution in [0.2, 0.25) is 0 Å². The van der Waals surface area contributed by atoms with E-state index in [1.54, 1.807) is 38.4 Å². The summed E-state index contributed by atoms with van der Waals surface area (Å²) < 4.78 is 5.08. The lowest BCUT2D eigenvalue weighted by atomic mass is 10.2. The van der Waals surface area contributed by atoms with Crippen LogP contribution < -0.4 is 20.9 Å². The summed E-state index contributed by atoms with van der Waals surface area (Å²) in [6, 6.07) is 10.5. The van der Waals surface area contributed by atoms with Crippen molar-refractivity contribution in [1.29, 1.82) is 0 Å². The standard InChI is InChI=1S/C14H16N4O2/c1-18(11-4-6-12(20-2)7-5-11)14(19)13-8-3-10(17-15)9-16-13/h3-9,17H,15H2,1-2H3. The Labute approximate surface area is 117 Å². The number of amides is 1. The van der Waals surface area contributed by atoms with E-state index in [4.69, 9.17) is 10.6 Å². The lowest BCUT2D eigenvalue weighted by Crippen LogP contribution is -2.27. The molecular formula is C14H16N4O2. The fourth-order valence-corrected chi connectivity index (χ4v) is 1.70. The van der Waals surface area contributed by atoms with Gasteiger partial charge in [-0.15, -0.1) is 0 Å². The van der Waals surface area contributed by atoms with Gasteiger partial charge >= 0.3 is 0 Å². The zero-order chi connectivity index (χ0) is 14.5. The fourth-order valence-electron chi connectivity index (χ4n) is 1.70. The molecule has 1 heterocycles. The number of nitrogens with zero attached hydrogens (tertiary/aromatic N) is 2. The van der Waals surface area contributed by atoms with Crippen LogP contribution in [0.3, 0.4) is 0 Å². The summed E-state index contributed by atoms with van der Waals surface area (Å²) in [7, 11) is 3.29. The van der Waals surface area contributed by atoms with Crippen LogP contribution in [0, 0.1) is 0 Å². The van der Waals surface area contributed by atoms with E-state index >= 15 is 0 Å². The maximum absolute atomic E-state index is 12.3. The number of ether oxygens (including phenoxy) is 1. The van der Waals surface area contributed by atoms with Crippen LogP contribution in [0.25, 0.3) is 0 Å². The smallest absolute Gasteiger partial charge is 0.276 e. The van der Waals surface area contributed by atoms with Crippen molar-refractivity contribution in [1.82, 2.24) is 4.98 Å². The maximum atomic E-state index is 12.3. The maximum Gasteiger partial charge on any atom is 0.276 e. The predicted molar refractivity (Wildman–Crippen MR) is 77.8 cm³/mol. The monoisotopic (exact) mass is 272 g/mol. The predicted octanol–water partition coefficient (Wildman–Crippen LogP) is 1.65. The Morgan fingerprint density at radius 3 is 2.45 bits per heavy atom. The molecule has 20 heavy (non-hydrogen) atoms. The molecule has 0 atom stereocenters. The summed E-state index contributed by atoms with van der Waals surface area (Å²) >= 11 is 0. The SMILES string of the molecule is COc1ccc(N(C)C(=O)c2ccc(NN)cn2)cc1. The van der Waals surface area contributed by atoms with Gasteiger partial charge in [0.15, 0.2) is 0 Å². The van der Waals surface area contributed by atoms with Gasteiger partial charge in [-0.3, -0.25) is 10.6 Å². The number of hydrogen-bond donors (Lipinski definition) is 2.